The van der Waals surface area contributed by atoms with E-state index in [1.807, 2.05) is 0 Å². The molecule has 1 amide bonds. The van der Waals surface area contributed by atoms with Crippen LogP contribution in [-0.2, 0) is 22.4 Å². The second-order valence-electron chi connectivity index (χ2n) is 8.22. The van der Waals surface area contributed by atoms with Crippen LogP contribution >= 0.6 is 0 Å². The van der Waals surface area contributed by atoms with Crippen molar-refractivity contribution in [2.75, 3.05) is 24.7 Å². The van der Waals surface area contributed by atoms with Crippen LogP contribution in [0.2, 0.25) is 25.7 Å². The molecule has 30 heavy (non-hydrogen) atoms. The molecule has 0 radical (unpaired) electrons. The molecule has 0 N–H and O–H groups in total. The van der Waals surface area contributed by atoms with Crippen molar-refractivity contribution < 1.29 is 27.4 Å². The largest absolute Gasteiger partial charge is 0.451 e. The maximum Gasteiger partial charge on any atom is 0.451 e. The quantitative estimate of drug-likeness (QED) is 0.476. The molecule has 1 aliphatic heterocycles. The molecule has 1 aliphatic rings. The Morgan fingerprint density at radius 3 is 2.60 bits per heavy atom. The van der Waals surface area contributed by atoms with E-state index in [1.165, 1.54) is 11.1 Å². The van der Waals surface area contributed by atoms with Gasteiger partial charge in [-0.05, 0) is 19.0 Å². The second-order valence-corrected chi connectivity index (χ2v) is 13.8. The number of aromatic nitrogens is 4. The summed E-state index contributed by atoms with van der Waals surface area (Å²) < 4.78 is 51.8. The Balaban J connectivity index is 1.93. The van der Waals surface area contributed by atoms with E-state index < -0.39 is 26.2 Å². The van der Waals surface area contributed by atoms with Crippen molar-refractivity contribution >= 4 is 19.9 Å². The van der Waals surface area contributed by atoms with Crippen molar-refractivity contribution in [1.29, 1.82) is 0 Å². The van der Waals surface area contributed by atoms with Gasteiger partial charge in [0.2, 0.25) is 5.82 Å². The number of carbonyl (C=O) groups excluding carboxylic acids is 1. The van der Waals surface area contributed by atoms with Crippen LogP contribution in [0.1, 0.15) is 11.5 Å². The molecule has 0 atom stereocenters. The average molecular weight is 444 g/mol. The molecule has 1 fully saturated rings. The smallest absolute Gasteiger partial charge is 0.447 e. The normalized spacial score (nSPS) is 15.0. The van der Waals surface area contributed by atoms with E-state index in [9.17, 15) is 18.0 Å². The van der Waals surface area contributed by atoms with Crippen LogP contribution in [0, 0.1) is 6.92 Å². The number of hydrogen-bond acceptors (Lipinski definition) is 6. The molecule has 0 unspecified atom stereocenters. The van der Waals surface area contributed by atoms with E-state index in [2.05, 4.69) is 34.8 Å². The minimum absolute atomic E-state index is 0.0309. The summed E-state index contributed by atoms with van der Waals surface area (Å²) in [5.41, 5.74) is 1.30. The fourth-order valence-electron chi connectivity index (χ4n) is 2.91. The maximum absolute atomic E-state index is 13.5. The standard InChI is InChI=1S/C18H24F3N5O3Si/c1-12-14(25-5-6-29-17(25)27)9-13(10-22-12)15-23-24-16(18(19,20)21)26(15)11-28-7-8-30(2,3)4/h9-10H,5-8,11H2,1-4H3. The molecule has 0 bridgehead atoms. The summed E-state index contributed by atoms with van der Waals surface area (Å²) in [6.07, 6.45) is -3.81. The summed E-state index contributed by atoms with van der Waals surface area (Å²) in [5.74, 6) is -1.18. The van der Waals surface area contributed by atoms with E-state index in [0.29, 0.717) is 30.1 Å². The number of alkyl halides is 3. The van der Waals surface area contributed by atoms with Gasteiger partial charge in [-0.3, -0.25) is 14.5 Å². The highest BCUT2D eigenvalue weighted by molar-refractivity contribution is 6.76. The maximum atomic E-state index is 13.5. The van der Waals surface area contributed by atoms with Gasteiger partial charge in [0.05, 0.1) is 17.9 Å². The summed E-state index contributed by atoms with van der Waals surface area (Å²) in [6, 6.07) is 2.39. The first-order chi connectivity index (χ1) is 14.0. The lowest BCUT2D eigenvalue weighted by Crippen LogP contribution is -2.24. The van der Waals surface area contributed by atoms with Gasteiger partial charge in [-0.25, -0.2) is 4.79 Å². The number of nitrogens with zero attached hydrogens (tertiary/aromatic N) is 5. The molecule has 164 valence electrons. The third-order valence-corrected chi connectivity index (χ3v) is 6.30. The van der Waals surface area contributed by atoms with Crippen LogP contribution in [0.4, 0.5) is 23.7 Å². The molecule has 3 rings (SSSR count). The molecule has 0 aliphatic carbocycles. The Hall–Kier alpha value is -2.47. The van der Waals surface area contributed by atoms with Crippen molar-refractivity contribution in [3.05, 3.63) is 23.8 Å². The molecule has 8 nitrogen and oxygen atoms in total. The number of cyclic esters (lactones) is 1. The third kappa shape index (κ3) is 4.98. The van der Waals surface area contributed by atoms with Gasteiger partial charge >= 0.3 is 12.3 Å². The summed E-state index contributed by atoms with van der Waals surface area (Å²) in [5, 5.41) is 7.08. The summed E-state index contributed by atoms with van der Waals surface area (Å²) in [4.78, 5) is 17.5. The Kier molecular flexibility index (Phi) is 6.18. The highest BCUT2D eigenvalue weighted by atomic mass is 28.3. The van der Waals surface area contributed by atoms with Gasteiger partial charge in [-0.2, -0.15) is 13.2 Å². The van der Waals surface area contributed by atoms with Crippen molar-refractivity contribution in [1.82, 2.24) is 19.7 Å². The van der Waals surface area contributed by atoms with E-state index >= 15 is 0 Å². The summed E-state index contributed by atoms with van der Waals surface area (Å²) in [6.45, 7) is 8.76. The van der Waals surface area contributed by atoms with Crippen LogP contribution < -0.4 is 4.90 Å². The van der Waals surface area contributed by atoms with Crippen molar-refractivity contribution in [2.24, 2.45) is 0 Å². The molecule has 1 saturated heterocycles. The predicted octanol–water partition coefficient (Wildman–Crippen LogP) is 3.94. The highest BCUT2D eigenvalue weighted by Crippen LogP contribution is 2.32. The Labute approximate surface area is 173 Å². The number of rotatable bonds is 7. The Bertz CT molecular complexity index is 927. The number of aryl methyl sites for hydroxylation is 1. The second kappa shape index (κ2) is 8.34. The molecule has 3 heterocycles. The van der Waals surface area contributed by atoms with Gasteiger partial charge in [0.1, 0.15) is 13.3 Å². The van der Waals surface area contributed by atoms with Crippen molar-refractivity contribution in [2.45, 2.75) is 45.5 Å². The van der Waals surface area contributed by atoms with Crippen LogP contribution in [0.5, 0.6) is 0 Å². The zero-order valence-corrected chi connectivity index (χ0v) is 18.3. The molecule has 2 aromatic heterocycles. The molecular formula is C18H24F3N5O3Si. The third-order valence-electron chi connectivity index (χ3n) is 4.59. The fraction of sp³-hybridized carbons (Fsp3) is 0.556. The fourth-order valence-corrected chi connectivity index (χ4v) is 3.67. The first kappa shape index (κ1) is 22.2. The van der Waals surface area contributed by atoms with Gasteiger partial charge in [-0.1, -0.05) is 19.6 Å². The van der Waals surface area contributed by atoms with Gasteiger partial charge < -0.3 is 9.47 Å². The number of halogens is 3. The van der Waals surface area contributed by atoms with E-state index in [1.54, 1.807) is 13.0 Å². The first-order valence-electron chi connectivity index (χ1n) is 9.47. The molecule has 2 aromatic rings. The molecule has 0 aromatic carbocycles. The number of hydrogen-bond donors (Lipinski definition) is 0. The number of anilines is 1. The zero-order chi connectivity index (χ0) is 22.1. The Morgan fingerprint density at radius 1 is 1.27 bits per heavy atom. The number of pyridine rings is 1. The van der Waals surface area contributed by atoms with Crippen LogP contribution in [0.25, 0.3) is 11.4 Å². The first-order valence-corrected chi connectivity index (χ1v) is 13.2. The lowest BCUT2D eigenvalue weighted by molar-refractivity contribution is -0.149. The minimum atomic E-state index is -4.69. The van der Waals surface area contributed by atoms with Crippen molar-refractivity contribution in [3.63, 3.8) is 0 Å². The number of ether oxygens (including phenoxy) is 2. The van der Waals surface area contributed by atoms with Crippen LogP contribution in [0.15, 0.2) is 12.3 Å². The lowest BCUT2D eigenvalue weighted by Gasteiger charge is -2.18. The monoisotopic (exact) mass is 443 g/mol. The predicted molar refractivity (Wildman–Crippen MR) is 106 cm³/mol. The molecule has 12 heteroatoms. The Morgan fingerprint density at radius 2 is 2.00 bits per heavy atom. The van der Waals surface area contributed by atoms with Crippen molar-refractivity contribution in [3.8, 4) is 11.4 Å². The van der Waals surface area contributed by atoms with Gasteiger partial charge in [0.15, 0.2) is 5.82 Å². The van der Waals surface area contributed by atoms with Gasteiger partial charge in [0, 0.05) is 26.4 Å². The number of carbonyl (C=O) groups is 1. The zero-order valence-electron chi connectivity index (χ0n) is 17.3. The van der Waals surface area contributed by atoms with Crippen LogP contribution in [0.3, 0.4) is 0 Å². The summed E-state index contributed by atoms with van der Waals surface area (Å²) >= 11 is 0. The number of amides is 1. The van der Waals surface area contributed by atoms with Gasteiger partial charge in [0.25, 0.3) is 0 Å². The van der Waals surface area contributed by atoms with E-state index in [4.69, 9.17) is 9.47 Å². The highest BCUT2D eigenvalue weighted by Gasteiger charge is 2.39. The molecule has 0 saturated carbocycles. The van der Waals surface area contributed by atoms with Gasteiger partial charge in [-0.15, -0.1) is 10.2 Å². The summed E-state index contributed by atoms with van der Waals surface area (Å²) in [7, 11) is -1.39. The SMILES string of the molecule is Cc1ncc(-c2nnc(C(F)(F)F)n2COCC[Si](C)(C)C)cc1N1CCOC1=O. The van der Waals surface area contributed by atoms with Crippen LogP contribution in [-0.4, -0.2) is 53.7 Å². The van der Waals surface area contributed by atoms with E-state index in [0.717, 1.165) is 10.6 Å². The molecular weight excluding hydrogens is 419 g/mol. The molecule has 0 spiro atoms. The average Bonchev–Trinajstić information content (AvgIpc) is 3.24. The van der Waals surface area contributed by atoms with E-state index in [-0.39, 0.29) is 19.2 Å². The topological polar surface area (TPSA) is 82.4 Å². The lowest BCUT2D eigenvalue weighted by atomic mass is 10.2. The minimum Gasteiger partial charge on any atom is -0.447 e.